The molecule has 4 heterocycles. The molecule has 9 atom stereocenters. The monoisotopic (exact) mass is 772 g/mol. The molecular formula is C41H48N4O11. The third-order valence-corrected chi connectivity index (χ3v) is 10.9. The van der Waals surface area contributed by atoms with Crippen molar-refractivity contribution < 1.29 is 53.4 Å². The van der Waals surface area contributed by atoms with Gasteiger partial charge in [-0.25, -0.2) is 4.79 Å². The summed E-state index contributed by atoms with van der Waals surface area (Å²) in [6, 6.07) is 3.13. The second kappa shape index (κ2) is 16.2. The highest BCUT2D eigenvalue weighted by atomic mass is 16.7. The Labute approximate surface area is 324 Å². The fourth-order valence-corrected chi connectivity index (χ4v) is 7.23. The van der Waals surface area contributed by atoms with Crippen LogP contribution in [0.3, 0.4) is 0 Å². The number of phenols is 1. The smallest absolute Gasteiger partial charge is 0.339 e. The summed E-state index contributed by atoms with van der Waals surface area (Å²) in [5.41, 5.74) is 4.31. The maximum atomic E-state index is 14.1. The first-order valence-corrected chi connectivity index (χ1v) is 18.1. The van der Waals surface area contributed by atoms with E-state index in [4.69, 9.17) is 30.1 Å². The van der Waals surface area contributed by atoms with E-state index in [1.165, 1.54) is 58.7 Å². The number of aromatic nitrogens is 1. The van der Waals surface area contributed by atoms with Crippen LogP contribution in [0.4, 0.5) is 0 Å². The number of allylic oxidation sites excluding steroid dienone is 4. The van der Waals surface area contributed by atoms with Crippen molar-refractivity contribution >= 4 is 29.2 Å². The lowest BCUT2D eigenvalue weighted by molar-refractivity contribution is -0.116. The van der Waals surface area contributed by atoms with Crippen molar-refractivity contribution in [2.75, 3.05) is 7.11 Å². The van der Waals surface area contributed by atoms with Gasteiger partial charge in [0.05, 0.1) is 52.7 Å². The number of nitrogens with one attached hydrogen (secondary N) is 2. The zero-order valence-corrected chi connectivity index (χ0v) is 32.4. The molecule has 7 N–H and O–H groups in total. The number of aliphatic hydroxyl groups is 2. The third kappa shape index (κ3) is 7.49. The molecule has 1 aromatic heterocycles. The van der Waals surface area contributed by atoms with Crippen LogP contribution in [0.25, 0.3) is 0 Å². The average molecular weight is 773 g/mol. The second-order valence-electron chi connectivity index (χ2n) is 14.7. The molecule has 0 spiro atoms. The Balaban J connectivity index is 1.61. The van der Waals surface area contributed by atoms with Gasteiger partial charge >= 0.3 is 11.8 Å². The zero-order chi connectivity index (χ0) is 41.4. The maximum absolute atomic E-state index is 14.1. The van der Waals surface area contributed by atoms with Crippen molar-refractivity contribution in [1.82, 2.24) is 10.3 Å². The first-order chi connectivity index (χ1) is 26.4. The van der Waals surface area contributed by atoms with E-state index in [0.717, 1.165) is 0 Å². The van der Waals surface area contributed by atoms with Gasteiger partial charge < -0.3 is 45.3 Å². The minimum absolute atomic E-state index is 0.0159. The van der Waals surface area contributed by atoms with Gasteiger partial charge in [0, 0.05) is 66.8 Å². The molecule has 0 fully saturated rings. The number of aliphatic hydroxyl groups excluding tert-OH is 2. The number of Topliss-reactive ketones (excluding diaryl/α,β-unsaturated/α-hetero) is 2. The van der Waals surface area contributed by atoms with Crippen LogP contribution in [0.15, 0.2) is 72.1 Å². The van der Waals surface area contributed by atoms with Crippen LogP contribution in [0, 0.1) is 36.0 Å². The SMILES string of the molecule is CO[C@H]1/C=C/O[C@@]2(C)Oc3c(C)c(O)c4c(c3C2=O)C(=N)C(N)=C(NC(=O)/C(C)=C\C=C\[C@H](C)[C@H](O)[C@@H](C)[C@@H](O)[C@@H](C)[C@H](OC(=O)c2cccnc2)[C@@H]1C)C4=O. The molecule has 5 bridgehead atoms. The lowest BCUT2D eigenvalue weighted by Crippen LogP contribution is -2.46. The molecule has 2 aromatic rings. The molecule has 15 heteroatoms. The first kappa shape index (κ1) is 41.5. The van der Waals surface area contributed by atoms with Crippen molar-refractivity contribution in [3.63, 3.8) is 0 Å². The summed E-state index contributed by atoms with van der Waals surface area (Å²) in [6.07, 6.45) is 6.01. The lowest BCUT2D eigenvalue weighted by atomic mass is 9.78. The number of hydrogen-bond donors (Lipinski definition) is 6. The number of pyridine rings is 1. The van der Waals surface area contributed by atoms with Crippen LogP contribution in [0.1, 0.15) is 83.7 Å². The van der Waals surface area contributed by atoms with Crippen LogP contribution in [0.5, 0.6) is 11.5 Å². The highest BCUT2D eigenvalue weighted by Crippen LogP contribution is 2.48. The summed E-state index contributed by atoms with van der Waals surface area (Å²) in [6.45, 7) is 11.1. The van der Waals surface area contributed by atoms with Crippen molar-refractivity contribution in [2.45, 2.75) is 78.7 Å². The number of nitrogens with zero attached hydrogens (tertiary/aromatic N) is 1. The van der Waals surface area contributed by atoms with Gasteiger partial charge in [-0.05, 0) is 32.1 Å². The Kier molecular flexibility index (Phi) is 12.0. The van der Waals surface area contributed by atoms with Crippen molar-refractivity contribution in [2.24, 2.45) is 29.4 Å². The number of aromatic hydroxyl groups is 1. The summed E-state index contributed by atoms with van der Waals surface area (Å²) in [5.74, 6) is -8.57. The predicted octanol–water partition coefficient (Wildman–Crippen LogP) is 3.79. The number of ketones is 2. The van der Waals surface area contributed by atoms with Gasteiger partial charge in [0.2, 0.25) is 5.78 Å². The Morgan fingerprint density at radius 2 is 1.71 bits per heavy atom. The third-order valence-electron chi connectivity index (χ3n) is 10.9. The number of hydrogen-bond acceptors (Lipinski definition) is 14. The minimum Gasteiger partial charge on any atom is -0.507 e. The number of benzene rings is 1. The summed E-state index contributed by atoms with van der Waals surface area (Å²) >= 11 is 0. The number of nitrogens with two attached hydrogens (primary N) is 1. The summed E-state index contributed by atoms with van der Waals surface area (Å²) in [5, 5.41) is 45.6. The minimum atomic E-state index is -2.05. The zero-order valence-electron chi connectivity index (χ0n) is 32.4. The average Bonchev–Trinajstić information content (AvgIpc) is 3.45. The number of ether oxygens (including phenoxy) is 4. The Morgan fingerprint density at radius 1 is 1.02 bits per heavy atom. The number of esters is 1. The van der Waals surface area contributed by atoms with Gasteiger partial charge in [0.25, 0.3) is 11.7 Å². The number of methoxy groups -OCH3 is 1. The number of fused-ring (bicyclic) bond motifs is 14. The highest BCUT2D eigenvalue weighted by molar-refractivity contribution is 6.33. The van der Waals surface area contributed by atoms with Crippen LogP contribution in [0.2, 0.25) is 0 Å². The quantitative estimate of drug-likeness (QED) is 0.244. The predicted molar refractivity (Wildman–Crippen MR) is 203 cm³/mol. The summed E-state index contributed by atoms with van der Waals surface area (Å²) < 4.78 is 23.7. The molecular weight excluding hydrogens is 724 g/mol. The number of carbonyl (C=O) groups excluding carboxylic acids is 4. The number of phenolic OH excluding ortho intramolecular Hbond substituents is 1. The van der Waals surface area contributed by atoms with Gasteiger partial charge in [0.1, 0.15) is 23.3 Å². The Bertz CT molecular complexity index is 2070. The van der Waals surface area contributed by atoms with Gasteiger partial charge in [-0.2, -0.15) is 0 Å². The van der Waals surface area contributed by atoms with Crippen molar-refractivity contribution in [1.29, 1.82) is 5.41 Å². The molecule has 1 aliphatic carbocycles. The molecule has 6 rings (SSSR count). The fraction of sp³-hybridized carbons (Fsp3) is 0.415. The fourth-order valence-electron chi connectivity index (χ4n) is 7.23. The van der Waals surface area contributed by atoms with E-state index in [1.807, 2.05) is 0 Å². The highest BCUT2D eigenvalue weighted by Gasteiger charge is 2.52. The Morgan fingerprint density at radius 3 is 2.36 bits per heavy atom. The number of rotatable bonds is 3. The normalized spacial score (nSPS) is 32.1. The van der Waals surface area contributed by atoms with E-state index in [1.54, 1.807) is 52.0 Å². The van der Waals surface area contributed by atoms with E-state index >= 15 is 0 Å². The molecule has 15 nitrogen and oxygen atoms in total. The topological polar surface area (TPSA) is 241 Å². The first-order valence-electron chi connectivity index (χ1n) is 18.1. The molecule has 0 saturated carbocycles. The van der Waals surface area contributed by atoms with Gasteiger partial charge in [-0.1, -0.05) is 45.9 Å². The standard InChI is InChI=1S/C41H48N4O11/c1-18-11-9-12-19(2)39(51)45-31-30(43)29(42)26-27(35(31)49)34(48)23(6)37-28(26)38(50)41(7,56-37)54-16-14-25(53-8)20(3)36(22(5)33(47)21(4)32(18)46)55-40(52)24-13-10-15-44-17-24/h9-18,20-22,25,32-33,36,42,46-48H,43H2,1-8H3,(H,45,51)/b11-9+,16-14+,19-12-,42-29?/t18-,20+,21+,22+,25-,32-,33+,36+,41-/m0/s1. The number of carbonyl (C=O) groups is 4. The van der Waals surface area contributed by atoms with Crippen LogP contribution < -0.4 is 15.8 Å². The van der Waals surface area contributed by atoms with E-state index in [2.05, 4.69) is 10.3 Å². The molecule has 4 aliphatic rings. The summed E-state index contributed by atoms with van der Waals surface area (Å²) in [4.78, 5) is 58.7. The summed E-state index contributed by atoms with van der Waals surface area (Å²) in [7, 11) is 1.42. The number of amides is 1. The molecule has 1 amide bonds. The van der Waals surface area contributed by atoms with Gasteiger partial charge in [0.15, 0.2) is 0 Å². The molecule has 0 unspecified atom stereocenters. The van der Waals surface area contributed by atoms with Crippen LogP contribution >= 0.6 is 0 Å². The molecule has 0 radical (unpaired) electrons. The molecule has 298 valence electrons. The molecule has 3 aliphatic heterocycles. The van der Waals surface area contributed by atoms with E-state index in [-0.39, 0.29) is 33.6 Å². The van der Waals surface area contributed by atoms with Crippen molar-refractivity contribution in [3.05, 3.63) is 99.9 Å². The second-order valence-corrected chi connectivity index (χ2v) is 14.7. The van der Waals surface area contributed by atoms with Crippen molar-refractivity contribution in [3.8, 4) is 11.5 Å². The Hall–Kier alpha value is -5.64. The van der Waals surface area contributed by atoms with E-state index < -0.39 is 106 Å². The van der Waals surface area contributed by atoms with E-state index in [9.17, 15) is 34.5 Å². The molecule has 0 saturated heterocycles. The largest absolute Gasteiger partial charge is 0.507 e. The van der Waals surface area contributed by atoms with Gasteiger partial charge in [-0.3, -0.25) is 24.8 Å². The van der Waals surface area contributed by atoms with Crippen LogP contribution in [-0.2, 0) is 19.0 Å². The van der Waals surface area contributed by atoms with Crippen LogP contribution in [-0.4, -0.2) is 86.8 Å². The van der Waals surface area contributed by atoms with Gasteiger partial charge in [-0.15, -0.1) is 0 Å². The maximum Gasteiger partial charge on any atom is 0.339 e. The lowest BCUT2D eigenvalue weighted by Gasteiger charge is -2.38. The molecule has 1 aromatic carbocycles. The molecule has 56 heavy (non-hydrogen) atoms. The van der Waals surface area contributed by atoms with E-state index in [0.29, 0.717) is 0 Å².